The second-order valence-corrected chi connectivity index (χ2v) is 6.11. The standard InChI is InChI=1S/C14H26N2S/c1-5-12(3)10-16(4)11-14-8-7-13(17-14)9-15-6-2/h7-8,12,15H,5-6,9-11H2,1-4H3. The van der Waals surface area contributed by atoms with E-state index in [1.54, 1.807) is 0 Å². The number of nitrogens with zero attached hydrogens (tertiary/aromatic N) is 1. The number of rotatable bonds is 8. The molecule has 3 heteroatoms. The van der Waals surface area contributed by atoms with Crippen molar-refractivity contribution in [3.05, 3.63) is 21.9 Å². The first kappa shape index (κ1) is 14.7. The molecule has 1 aromatic heterocycles. The molecule has 1 heterocycles. The van der Waals surface area contributed by atoms with Crippen molar-refractivity contribution in [1.82, 2.24) is 10.2 Å². The van der Waals surface area contributed by atoms with Crippen LogP contribution in [0.5, 0.6) is 0 Å². The van der Waals surface area contributed by atoms with Gasteiger partial charge in [-0.3, -0.25) is 0 Å². The number of hydrogen-bond acceptors (Lipinski definition) is 3. The van der Waals surface area contributed by atoms with Crippen LogP contribution in [0, 0.1) is 5.92 Å². The lowest BCUT2D eigenvalue weighted by Crippen LogP contribution is -2.23. The number of thiophene rings is 1. The van der Waals surface area contributed by atoms with Gasteiger partial charge >= 0.3 is 0 Å². The van der Waals surface area contributed by atoms with Crippen molar-refractivity contribution >= 4 is 11.3 Å². The van der Waals surface area contributed by atoms with Gasteiger partial charge in [-0.25, -0.2) is 0 Å². The molecule has 0 amide bonds. The van der Waals surface area contributed by atoms with Crippen LogP contribution in [0.4, 0.5) is 0 Å². The van der Waals surface area contributed by atoms with E-state index in [0.29, 0.717) is 0 Å². The second kappa shape index (κ2) is 7.85. The molecule has 0 spiro atoms. The minimum atomic E-state index is 0.793. The maximum absolute atomic E-state index is 3.37. The van der Waals surface area contributed by atoms with Gasteiger partial charge in [-0.05, 0) is 31.6 Å². The Morgan fingerprint density at radius 2 is 2.00 bits per heavy atom. The van der Waals surface area contributed by atoms with Gasteiger partial charge in [0.1, 0.15) is 0 Å². The highest BCUT2D eigenvalue weighted by Gasteiger charge is 2.07. The van der Waals surface area contributed by atoms with Crippen molar-refractivity contribution in [2.75, 3.05) is 20.1 Å². The Morgan fingerprint density at radius 1 is 1.29 bits per heavy atom. The monoisotopic (exact) mass is 254 g/mol. The lowest BCUT2D eigenvalue weighted by molar-refractivity contribution is 0.277. The van der Waals surface area contributed by atoms with Crippen molar-refractivity contribution in [2.45, 2.75) is 40.3 Å². The third-order valence-corrected chi connectivity index (χ3v) is 4.08. The molecular formula is C14H26N2S. The molecule has 98 valence electrons. The topological polar surface area (TPSA) is 15.3 Å². The molecule has 1 unspecified atom stereocenters. The van der Waals surface area contributed by atoms with Crippen molar-refractivity contribution in [2.24, 2.45) is 5.92 Å². The zero-order chi connectivity index (χ0) is 12.7. The summed E-state index contributed by atoms with van der Waals surface area (Å²) in [6.07, 6.45) is 1.26. The van der Waals surface area contributed by atoms with Gasteiger partial charge in [0.05, 0.1) is 0 Å². The molecule has 0 aliphatic rings. The van der Waals surface area contributed by atoms with Crippen molar-refractivity contribution in [1.29, 1.82) is 0 Å². The summed E-state index contributed by atoms with van der Waals surface area (Å²) in [5.74, 6) is 0.793. The van der Waals surface area contributed by atoms with Crippen LogP contribution in [0.15, 0.2) is 12.1 Å². The zero-order valence-electron chi connectivity index (χ0n) is 11.6. The van der Waals surface area contributed by atoms with E-state index in [2.05, 4.69) is 50.2 Å². The first-order chi connectivity index (χ1) is 8.15. The fraction of sp³-hybridized carbons (Fsp3) is 0.714. The maximum Gasteiger partial charge on any atom is 0.0325 e. The molecule has 1 atom stereocenters. The normalized spacial score (nSPS) is 13.2. The summed E-state index contributed by atoms with van der Waals surface area (Å²) in [5.41, 5.74) is 0. The van der Waals surface area contributed by atoms with Crippen LogP contribution in [0.3, 0.4) is 0 Å². The summed E-state index contributed by atoms with van der Waals surface area (Å²) in [6.45, 7) is 11.1. The van der Waals surface area contributed by atoms with Crippen molar-refractivity contribution in [3.63, 3.8) is 0 Å². The molecule has 1 rings (SSSR count). The van der Waals surface area contributed by atoms with Gasteiger partial charge in [-0.2, -0.15) is 0 Å². The average molecular weight is 254 g/mol. The first-order valence-corrected chi connectivity index (χ1v) is 7.44. The highest BCUT2D eigenvalue weighted by atomic mass is 32.1. The number of hydrogen-bond donors (Lipinski definition) is 1. The summed E-state index contributed by atoms with van der Waals surface area (Å²) >= 11 is 1.93. The Hall–Kier alpha value is -0.380. The fourth-order valence-corrected chi connectivity index (χ4v) is 2.91. The fourth-order valence-electron chi connectivity index (χ4n) is 1.84. The molecule has 0 aromatic carbocycles. The summed E-state index contributed by atoms with van der Waals surface area (Å²) in [5, 5.41) is 3.37. The molecule has 0 aliphatic heterocycles. The van der Waals surface area contributed by atoms with Gasteiger partial charge in [0.2, 0.25) is 0 Å². The molecule has 0 aliphatic carbocycles. The minimum Gasteiger partial charge on any atom is -0.312 e. The number of nitrogens with one attached hydrogen (secondary N) is 1. The van der Waals surface area contributed by atoms with Crippen LogP contribution in [-0.4, -0.2) is 25.0 Å². The molecular weight excluding hydrogens is 228 g/mol. The summed E-state index contributed by atoms with van der Waals surface area (Å²) in [6, 6.07) is 4.52. The molecule has 2 nitrogen and oxygen atoms in total. The van der Waals surface area contributed by atoms with E-state index in [-0.39, 0.29) is 0 Å². The summed E-state index contributed by atoms with van der Waals surface area (Å²) in [4.78, 5) is 5.35. The molecule has 17 heavy (non-hydrogen) atoms. The van der Waals surface area contributed by atoms with Crippen molar-refractivity contribution in [3.8, 4) is 0 Å². The van der Waals surface area contributed by atoms with Gasteiger partial charge < -0.3 is 10.2 Å². The largest absolute Gasteiger partial charge is 0.312 e. The Morgan fingerprint density at radius 3 is 2.65 bits per heavy atom. The SMILES string of the molecule is CCNCc1ccc(CN(C)CC(C)CC)s1. The van der Waals surface area contributed by atoms with E-state index in [1.165, 1.54) is 22.7 Å². The molecule has 0 bridgehead atoms. The quantitative estimate of drug-likeness (QED) is 0.765. The van der Waals surface area contributed by atoms with Crippen LogP contribution in [-0.2, 0) is 13.1 Å². The van der Waals surface area contributed by atoms with Crippen LogP contribution in [0.2, 0.25) is 0 Å². The third kappa shape index (κ3) is 5.66. The summed E-state index contributed by atoms with van der Waals surface area (Å²) < 4.78 is 0. The summed E-state index contributed by atoms with van der Waals surface area (Å²) in [7, 11) is 2.22. The highest BCUT2D eigenvalue weighted by Crippen LogP contribution is 2.18. The van der Waals surface area contributed by atoms with E-state index in [4.69, 9.17) is 0 Å². The molecule has 0 saturated heterocycles. The van der Waals surface area contributed by atoms with E-state index in [0.717, 1.165) is 25.6 Å². The Labute approximate surface area is 110 Å². The van der Waals surface area contributed by atoms with Gasteiger partial charge in [-0.15, -0.1) is 11.3 Å². The lowest BCUT2D eigenvalue weighted by Gasteiger charge is -2.19. The molecule has 0 radical (unpaired) electrons. The van der Waals surface area contributed by atoms with Crippen LogP contribution < -0.4 is 5.32 Å². The average Bonchev–Trinajstić information content (AvgIpc) is 2.73. The predicted octanol–water partition coefficient (Wildman–Crippen LogP) is 3.34. The minimum absolute atomic E-state index is 0.793. The maximum atomic E-state index is 3.37. The van der Waals surface area contributed by atoms with E-state index in [1.807, 2.05) is 11.3 Å². The molecule has 0 fully saturated rings. The Balaban J connectivity index is 2.37. The van der Waals surface area contributed by atoms with Crippen LogP contribution in [0.25, 0.3) is 0 Å². The van der Waals surface area contributed by atoms with E-state index >= 15 is 0 Å². The van der Waals surface area contributed by atoms with Gasteiger partial charge in [0.25, 0.3) is 0 Å². The third-order valence-electron chi connectivity index (χ3n) is 3.01. The first-order valence-electron chi connectivity index (χ1n) is 6.62. The van der Waals surface area contributed by atoms with Gasteiger partial charge in [-0.1, -0.05) is 27.2 Å². The lowest BCUT2D eigenvalue weighted by atomic mass is 10.1. The Bertz CT molecular complexity index is 309. The van der Waals surface area contributed by atoms with Crippen molar-refractivity contribution < 1.29 is 0 Å². The zero-order valence-corrected chi connectivity index (χ0v) is 12.4. The predicted molar refractivity (Wildman–Crippen MR) is 77.5 cm³/mol. The Kier molecular flexibility index (Phi) is 6.78. The second-order valence-electron chi connectivity index (χ2n) is 4.86. The van der Waals surface area contributed by atoms with Crippen LogP contribution in [0.1, 0.15) is 36.9 Å². The molecule has 1 N–H and O–H groups in total. The smallest absolute Gasteiger partial charge is 0.0325 e. The molecule has 0 saturated carbocycles. The van der Waals surface area contributed by atoms with E-state index in [9.17, 15) is 0 Å². The molecule has 1 aromatic rings. The van der Waals surface area contributed by atoms with Crippen LogP contribution >= 0.6 is 11.3 Å². The van der Waals surface area contributed by atoms with E-state index < -0.39 is 0 Å². The highest BCUT2D eigenvalue weighted by molar-refractivity contribution is 7.11. The van der Waals surface area contributed by atoms with Gasteiger partial charge in [0.15, 0.2) is 0 Å². The van der Waals surface area contributed by atoms with Gasteiger partial charge in [0, 0.05) is 29.4 Å².